The smallest absolute Gasteiger partial charge is 0.132 e. The Kier molecular flexibility index (Phi) is 2.90. The number of hydrogen-bond donors (Lipinski definition) is 0. The normalized spacial score (nSPS) is 12.8. The Morgan fingerprint density at radius 1 is 1.21 bits per heavy atom. The summed E-state index contributed by atoms with van der Waals surface area (Å²) < 4.78 is 5.42. The molecule has 0 saturated carbocycles. The molecule has 0 aliphatic carbocycles. The lowest BCUT2D eigenvalue weighted by atomic mass is 10.1. The molecule has 94 valence electrons. The van der Waals surface area contributed by atoms with Crippen molar-refractivity contribution in [2.75, 3.05) is 11.9 Å². The molecule has 19 heavy (non-hydrogen) atoms. The zero-order valence-electron chi connectivity index (χ0n) is 10.6. The highest BCUT2D eigenvalue weighted by atomic mass is 16.5. The monoisotopic (exact) mass is 251 g/mol. The van der Waals surface area contributed by atoms with Gasteiger partial charge >= 0.3 is 0 Å². The van der Waals surface area contributed by atoms with Crippen molar-refractivity contribution in [1.29, 1.82) is 5.26 Å². The fraction of sp³-hybridized carbons (Fsp3) is 0.200. The Morgan fingerprint density at radius 3 is 2.79 bits per heavy atom. The summed E-state index contributed by atoms with van der Waals surface area (Å²) in [6.45, 7) is 1.38. The van der Waals surface area contributed by atoms with Crippen molar-refractivity contribution < 1.29 is 4.74 Å². The van der Waals surface area contributed by atoms with Gasteiger partial charge in [0, 0.05) is 18.9 Å². The van der Waals surface area contributed by atoms with Crippen molar-refractivity contribution in [3.05, 3.63) is 53.2 Å². The molecule has 3 rings (SSSR count). The van der Waals surface area contributed by atoms with Crippen LogP contribution in [-0.2, 0) is 18.0 Å². The molecule has 1 aliphatic heterocycles. The van der Waals surface area contributed by atoms with Crippen LogP contribution in [0.3, 0.4) is 0 Å². The zero-order valence-corrected chi connectivity index (χ0v) is 10.6. The Hall–Kier alpha value is -2.38. The van der Waals surface area contributed by atoms with E-state index in [2.05, 4.69) is 29.3 Å². The molecule has 0 saturated heterocycles. The first-order valence-electron chi connectivity index (χ1n) is 6.07. The van der Waals surface area contributed by atoms with E-state index in [1.54, 1.807) is 12.3 Å². The van der Waals surface area contributed by atoms with Gasteiger partial charge in [0.25, 0.3) is 0 Å². The van der Waals surface area contributed by atoms with E-state index in [1.165, 1.54) is 11.1 Å². The largest absolute Gasteiger partial charge is 0.372 e. The van der Waals surface area contributed by atoms with Crippen molar-refractivity contribution in [3.8, 4) is 6.07 Å². The van der Waals surface area contributed by atoms with Gasteiger partial charge in [0.05, 0.1) is 18.8 Å². The number of nitrogens with zero attached hydrogens (tertiary/aromatic N) is 3. The first-order valence-corrected chi connectivity index (χ1v) is 6.07. The minimum absolute atomic E-state index is 0.569. The molecule has 0 N–H and O–H groups in total. The summed E-state index contributed by atoms with van der Waals surface area (Å²) in [6, 6.07) is 12.0. The molecule has 0 fully saturated rings. The molecule has 0 radical (unpaired) electrons. The molecule has 4 heteroatoms. The lowest BCUT2D eigenvalue weighted by Crippen LogP contribution is -2.11. The number of aromatic nitrogens is 1. The van der Waals surface area contributed by atoms with Crippen LogP contribution in [0.5, 0.6) is 0 Å². The third kappa shape index (κ3) is 2.16. The summed E-state index contributed by atoms with van der Waals surface area (Å²) in [5, 5.41) is 8.77. The average Bonchev–Trinajstić information content (AvgIpc) is 2.94. The highest BCUT2D eigenvalue weighted by Crippen LogP contribution is 2.28. The molecule has 0 spiro atoms. The molecule has 2 heterocycles. The van der Waals surface area contributed by atoms with Gasteiger partial charge in [-0.25, -0.2) is 4.98 Å². The van der Waals surface area contributed by atoms with E-state index < -0.39 is 0 Å². The van der Waals surface area contributed by atoms with Gasteiger partial charge in [-0.05, 0) is 35.4 Å². The summed E-state index contributed by atoms with van der Waals surface area (Å²) in [5.74, 6) is 0.817. The molecule has 1 aromatic heterocycles. The number of hydrogen-bond acceptors (Lipinski definition) is 4. The molecule has 4 nitrogen and oxygen atoms in total. The average molecular weight is 251 g/mol. The Labute approximate surface area is 111 Å². The fourth-order valence-corrected chi connectivity index (χ4v) is 2.15. The first kappa shape index (κ1) is 11.7. The minimum Gasteiger partial charge on any atom is -0.372 e. The molecular weight excluding hydrogens is 238 g/mol. The summed E-state index contributed by atoms with van der Waals surface area (Å²) in [6.07, 6.45) is 1.59. The zero-order chi connectivity index (χ0) is 13.2. The van der Waals surface area contributed by atoms with Gasteiger partial charge in [-0.3, -0.25) is 0 Å². The van der Waals surface area contributed by atoms with Crippen molar-refractivity contribution in [2.45, 2.75) is 13.2 Å². The summed E-state index contributed by atoms with van der Waals surface area (Å²) in [4.78, 5) is 6.29. The summed E-state index contributed by atoms with van der Waals surface area (Å²) in [7, 11) is 1.96. The number of benzene rings is 1. The van der Waals surface area contributed by atoms with Crippen molar-refractivity contribution in [2.24, 2.45) is 0 Å². The van der Waals surface area contributed by atoms with Gasteiger partial charge in [0.2, 0.25) is 0 Å². The van der Waals surface area contributed by atoms with Gasteiger partial charge in [0.1, 0.15) is 11.9 Å². The third-order valence-electron chi connectivity index (χ3n) is 3.31. The van der Waals surface area contributed by atoms with E-state index in [0.717, 1.165) is 11.5 Å². The van der Waals surface area contributed by atoms with Gasteiger partial charge < -0.3 is 9.64 Å². The minimum atomic E-state index is 0.569. The molecule has 1 aromatic carbocycles. The maximum absolute atomic E-state index is 8.77. The molecule has 0 unspecified atom stereocenters. The number of anilines is 2. The molecule has 0 atom stereocenters. The maximum Gasteiger partial charge on any atom is 0.132 e. The molecule has 2 aromatic rings. The van der Waals surface area contributed by atoms with Crippen LogP contribution < -0.4 is 4.90 Å². The fourth-order valence-electron chi connectivity index (χ4n) is 2.15. The van der Waals surface area contributed by atoms with Crippen molar-refractivity contribution in [3.63, 3.8) is 0 Å². The van der Waals surface area contributed by atoms with Crippen molar-refractivity contribution in [1.82, 2.24) is 4.98 Å². The van der Waals surface area contributed by atoms with Gasteiger partial charge in [-0.2, -0.15) is 5.26 Å². The number of fused-ring (bicyclic) bond motifs is 1. The molecule has 0 bridgehead atoms. The molecule has 1 aliphatic rings. The van der Waals surface area contributed by atoms with Crippen LogP contribution in [0.25, 0.3) is 0 Å². The van der Waals surface area contributed by atoms with E-state index >= 15 is 0 Å². The topological polar surface area (TPSA) is 49.1 Å². The van der Waals surface area contributed by atoms with E-state index in [1.807, 2.05) is 18.0 Å². The summed E-state index contributed by atoms with van der Waals surface area (Å²) >= 11 is 0. The predicted molar refractivity (Wildman–Crippen MR) is 72.0 cm³/mol. The standard InChI is InChI=1S/C15H13N3O/c1-18(15-5-2-11(7-16)8-17-15)14-4-3-12-9-19-10-13(12)6-14/h2-6,8H,9-10H2,1H3. The van der Waals surface area contributed by atoms with Gasteiger partial charge in [-0.1, -0.05) is 6.07 Å². The van der Waals surface area contributed by atoms with Gasteiger partial charge in [-0.15, -0.1) is 0 Å². The van der Waals surface area contributed by atoms with E-state index in [4.69, 9.17) is 10.00 Å². The second kappa shape index (κ2) is 4.71. The second-order valence-electron chi connectivity index (χ2n) is 4.52. The highest BCUT2D eigenvalue weighted by Gasteiger charge is 2.13. The number of pyridine rings is 1. The van der Waals surface area contributed by atoms with Crippen LogP contribution in [0.1, 0.15) is 16.7 Å². The van der Waals surface area contributed by atoms with Crippen LogP contribution in [0.2, 0.25) is 0 Å². The van der Waals surface area contributed by atoms with E-state index in [-0.39, 0.29) is 0 Å². The van der Waals surface area contributed by atoms with Crippen LogP contribution in [0.15, 0.2) is 36.5 Å². The third-order valence-corrected chi connectivity index (χ3v) is 3.31. The quantitative estimate of drug-likeness (QED) is 0.823. The van der Waals surface area contributed by atoms with Crippen molar-refractivity contribution >= 4 is 11.5 Å². The Morgan fingerprint density at radius 2 is 2.05 bits per heavy atom. The van der Waals surface area contributed by atoms with Gasteiger partial charge in [0.15, 0.2) is 0 Å². The Bertz CT molecular complexity index is 643. The van der Waals surface area contributed by atoms with E-state index in [0.29, 0.717) is 18.8 Å². The maximum atomic E-state index is 8.77. The van der Waals surface area contributed by atoms with Crippen LogP contribution in [0, 0.1) is 11.3 Å². The lowest BCUT2D eigenvalue weighted by Gasteiger charge is -2.19. The molecule has 0 amide bonds. The number of rotatable bonds is 2. The van der Waals surface area contributed by atoms with Crippen LogP contribution in [-0.4, -0.2) is 12.0 Å². The number of nitriles is 1. The highest BCUT2D eigenvalue weighted by molar-refractivity contribution is 5.61. The van der Waals surface area contributed by atoms with Crippen LogP contribution >= 0.6 is 0 Å². The predicted octanol–water partition coefficient (Wildman–Crippen LogP) is 2.75. The Balaban J connectivity index is 1.90. The molecular formula is C15H13N3O. The summed E-state index contributed by atoms with van der Waals surface area (Å²) in [5.41, 5.74) is 4.13. The van der Waals surface area contributed by atoms with E-state index in [9.17, 15) is 0 Å². The lowest BCUT2D eigenvalue weighted by molar-refractivity contribution is 0.134. The SMILES string of the molecule is CN(c1ccc2c(c1)COC2)c1ccc(C#N)cn1. The number of ether oxygens (including phenoxy) is 1. The van der Waals surface area contributed by atoms with Crippen LogP contribution in [0.4, 0.5) is 11.5 Å². The second-order valence-corrected chi connectivity index (χ2v) is 4.52. The first-order chi connectivity index (χ1) is 9.28.